The summed E-state index contributed by atoms with van der Waals surface area (Å²) >= 11 is 0. The van der Waals surface area contributed by atoms with Crippen LogP contribution in [0.4, 0.5) is 0 Å². The number of hydrogen-bond acceptors (Lipinski definition) is 7. The highest BCUT2D eigenvalue weighted by Crippen LogP contribution is 2.37. The van der Waals surface area contributed by atoms with Crippen LogP contribution < -0.4 is 0 Å². The van der Waals surface area contributed by atoms with Crippen molar-refractivity contribution in [3.8, 4) is 68.1 Å². The van der Waals surface area contributed by atoms with Crippen molar-refractivity contribution in [1.82, 2.24) is 24.9 Å². The molecule has 0 amide bonds. The average molecular weight is 798 g/mol. The zero-order chi connectivity index (χ0) is 41.2. The van der Waals surface area contributed by atoms with E-state index in [9.17, 15) is 0 Å². The van der Waals surface area contributed by atoms with E-state index in [0.29, 0.717) is 23.3 Å². The number of furan rings is 2. The van der Waals surface area contributed by atoms with Crippen LogP contribution in [0.2, 0.25) is 0 Å². The summed E-state index contributed by atoms with van der Waals surface area (Å²) in [6.45, 7) is 0. The van der Waals surface area contributed by atoms with Crippen LogP contribution in [0, 0.1) is 0 Å². The summed E-state index contributed by atoms with van der Waals surface area (Å²) in [7, 11) is 0. The van der Waals surface area contributed by atoms with E-state index in [2.05, 4.69) is 48.5 Å². The standard InChI is InChI=1S/C28H18N2O.C27H17N3O/c1-3-10-19(11-4-1)24-18-25(20-12-5-2-6-13-20)30-28(29-24)23-16-9-15-22-21-14-7-8-17-26(21)31-27(22)23;1-3-10-18(11-4-1)25-28-26(19-12-5-2-6-13-19)30-27(29-25)22-16-9-15-21-20-14-7-8-17-23(20)31-24(21)22/h1-18H;1-17H. The number of rotatable bonds is 6. The quantitative estimate of drug-likeness (QED) is 0.165. The van der Waals surface area contributed by atoms with Crippen LogP contribution in [0.25, 0.3) is 112 Å². The molecule has 12 aromatic rings. The zero-order valence-electron chi connectivity index (χ0n) is 33.3. The predicted octanol–water partition coefficient (Wildman–Crippen LogP) is 14.1. The number of aromatic nitrogens is 5. The molecule has 7 nitrogen and oxygen atoms in total. The van der Waals surface area contributed by atoms with E-state index < -0.39 is 0 Å². The summed E-state index contributed by atoms with van der Waals surface area (Å²) in [5.74, 6) is 2.53. The van der Waals surface area contributed by atoms with Crippen LogP contribution in [0.15, 0.2) is 221 Å². The highest BCUT2D eigenvalue weighted by atomic mass is 16.3. The molecule has 7 heteroatoms. The average Bonchev–Trinajstić information content (AvgIpc) is 3.94. The fourth-order valence-electron chi connectivity index (χ4n) is 7.86. The van der Waals surface area contributed by atoms with Crippen molar-refractivity contribution < 1.29 is 8.83 Å². The number of fused-ring (bicyclic) bond motifs is 6. The van der Waals surface area contributed by atoms with Gasteiger partial charge in [-0.3, -0.25) is 0 Å². The Kier molecular flexibility index (Phi) is 9.37. The van der Waals surface area contributed by atoms with Crippen molar-refractivity contribution in [2.24, 2.45) is 0 Å². The molecule has 292 valence electrons. The first-order chi connectivity index (χ1) is 30.7. The van der Waals surface area contributed by atoms with Gasteiger partial charge in [0.05, 0.1) is 22.5 Å². The molecule has 12 rings (SSSR count). The van der Waals surface area contributed by atoms with Gasteiger partial charge >= 0.3 is 0 Å². The minimum atomic E-state index is 0.595. The highest BCUT2D eigenvalue weighted by Gasteiger charge is 2.19. The zero-order valence-corrected chi connectivity index (χ0v) is 33.3. The Hall–Kier alpha value is -8.55. The minimum Gasteiger partial charge on any atom is -0.455 e. The maximum absolute atomic E-state index is 6.25. The summed E-state index contributed by atoms with van der Waals surface area (Å²) in [6, 6.07) is 70.8. The van der Waals surface area contributed by atoms with Gasteiger partial charge in [0.25, 0.3) is 0 Å². The molecule has 0 radical (unpaired) electrons. The number of para-hydroxylation sites is 4. The second-order valence-corrected chi connectivity index (χ2v) is 14.8. The SMILES string of the molecule is c1ccc(-c2cc(-c3ccccc3)nc(-c3cccc4c3oc3ccccc34)n2)cc1.c1ccc(-c2nc(-c3ccccc3)nc(-c3cccc4c3oc3ccccc34)n2)cc1. The van der Waals surface area contributed by atoms with E-state index in [1.54, 1.807) is 0 Å². The van der Waals surface area contributed by atoms with E-state index in [1.165, 1.54) is 0 Å². The maximum Gasteiger partial charge on any atom is 0.167 e. The number of benzene rings is 8. The molecule has 0 aliphatic rings. The summed E-state index contributed by atoms with van der Waals surface area (Å²) in [5.41, 5.74) is 10.8. The molecule has 0 spiro atoms. The van der Waals surface area contributed by atoms with Gasteiger partial charge in [-0.05, 0) is 30.3 Å². The smallest absolute Gasteiger partial charge is 0.167 e. The summed E-state index contributed by atoms with van der Waals surface area (Å²) in [6.07, 6.45) is 0. The second-order valence-electron chi connectivity index (χ2n) is 14.8. The Labute approximate surface area is 356 Å². The maximum atomic E-state index is 6.25. The molecule has 0 N–H and O–H groups in total. The topological polar surface area (TPSA) is 90.7 Å². The minimum absolute atomic E-state index is 0.595. The van der Waals surface area contributed by atoms with Gasteiger partial charge in [-0.15, -0.1) is 0 Å². The largest absolute Gasteiger partial charge is 0.455 e. The van der Waals surface area contributed by atoms with E-state index >= 15 is 0 Å². The first-order valence-corrected chi connectivity index (χ1v) is 20.4. The van der Waals surface area contributed by atoms with Crippen molar-refractivity contribution >= 4 is 43.9 Å². The third-order valence-electron chi connectivity index (χ3n) is 10.9. The van der Waals surface area contributed by atoms with Gasteiger partial charge in [0.1, 0.15) is 22.3 Å². The lowest BCUT2D eigenvalue weighted by molar-refractivity contribution is 0.669. The Balaban J connectivity index is 0.000000139. The Bertz CT molecular complexity index is 3160. The van der Waals surface area contributed by atoms with E-state index in [1.807, 2.05) is 164 Å². The lowest BCUT2D eigenvalue weighted by atomic mass is 10.1. The van der Waals surface area contributed by atoms with Crippen molar-refractivity contribution in [1.29, 1.82) is 0 Å². The molecule has 8 aromatic carbocycles. The molecule has 0 saturated heterocycles. The molecule has 62 heavy (non-hydrogen) atoms. The van der Waals surface area contributed by atoms with Crippen molar-refractivity contribution in [3.05, 3.63) is 212 Å². The third-order valence-corrected chi connectivity index (χ3v) is 10.9. The molecule has 0 bridgehead atoms. The molecular weight excluding hydrogens is 763 g/mol. The Morgan fingerprint density at radius 3 is 1.03 bits per heavy atom. The predicted molar refractivity (Wildman–Crippen MR) is 249 cm³/mol. The normalized spacial score (nSPS) is 11.2. The van der Waals surface area contributed by atoms with Crippen LogP contribution in [0.3, 0.4) is 0 Å². The van der Waals surface area contributed by atoms with Crippen LogP contribution in [0.5, 0.6) is 0 Å². The van der Waals surface area contributed by atoms with Gasteiger partial charge < -0.3 is 8.83 Å². The van der Waals surface area contributed by atoms with Gasteiger partial charge in [-0.2, -0.15) is 0 Å². The molecular formula is C55H35N5O2. The lowest BCUT2D eigenvalue weighted by Crippen LogP contribution is -2.00. The van der Waals surface area contributed by atoms with E-state index in [4.69, 9.17) is 33.8 Å². The van der Waals surface area contributed by atoms with Crippen LogP contribution in [0.1, 0.15) is 0 Å². The van der Waals surface area contributed by atoms with Crippen LogP contribution in [-0.4, -0.2) is 24.9 Å². The molecule has 0 saturated carbocycles. The lowest BCUT2D eigenvalue weighted by Gasteiger charge is -2.09. The van der Waals surface area contributed by atoms with Crippen molar-refractivity contribution in [3.63, 3.8) is 0 Å². The van der Waals surface area contributed by atoms with Crippen molar-refractivity contribution in [2.75, 3.05) is 0 Å². The molecule has 0 atom stereocenters. The highest BCUT2D eigenvalue weighted by molar-refractivity contribution is 6.10. The summed E-state index contributed by atoms with van der Waals surface area (Å²) in [4.78, 5) is 24.3. The number of nitrogens with zero attached hydrogens (tertiary/aromatic N) is 5. The van der Waals surface area contributed by atoms with Gasteiger partial charge in [0.2, 0.25) is 0 Å². The van der Waals surface area contributed by atoms with Gasteiger partial charge in [-0.25, -0.2) is 24.9 Å². The molecule has 0 aliphatic carbocycles. The molecule has 0 unspecified atom stereocenters. The third kappa shape index (κ3) is 6.93. The molecule has 4 heterocycles. The fourth-order valence-corrected chi connectivity index (χ4v) is 7.86. The van der Waals surface area contributed by atoms with Crippen LogP contribution >= 0.6 is 0 Å². The molecule has 4 aromatic heterocycles. The van der Waals surface area contributed by atoms with Crippen molar-refractivity contribution in [2.45, 2.75) is 0 Å². The van der Waals surface area contributed by atoms with E-state index in [0.717, 1.165) is 88.6 Å². The van der Waals surface area contributed by atoms with Gasteiger partial charge in [0.15, 0.2) is 23.3 Å². The number of hydrogen-bond donors (Lipinski definition) is 0. The first-order valence-electron chi connectivity index (χ1n) is 20.4. The van der Waals surface area contributed by atoms with Gasteiger partial charge in [0, 0.05) is 43.8 Å². The molecule has 0 aliphatic heterocycles. The Morgan fingerprint density at radius 2 is 0.597 bits per heavy atom. The first kappa shape index (κ1) is 36.5. The monoisotopic (exact) mass is 797 g/mol. The summed E-state index contributed by atoms with van der Waals surface area (Å²) < 4.78 is 12.5. The van der Waals surface area contributed by atoms with Crippen LogP contribution in [-0.2, 0) is 0 Å². The van der Waals surface area contributed by atoms with Gasteiger partial charge in [-0.1, -0.05) is 182 Å². The van der Waals surface area contributed by atoms with E-state index in [-0.39, 0.29) is 0 Å². The Morgan fingerprint density at radius 1 is 0.258 bits per heavy atom. The second kappa shape index (κ2) is 15.9. The fraction of sp³-hybridized carbons (Fsp3) is 0. The summed E-state index contributed by atoms with van der Waals surface area (Å²) in [5, 5.41) is 4.31. The molecule has 0 fully saturated rings.